The summed E-state index contributed by atoms with van der Waals surface area (Å²) in [4.78, 5) is 0. The van der Waals surface area contributed by atoms with Crippen LogP contribution in [0.1, 0.15) is 52.9 Å². The lowest BCUT2D eigenvalue weighted by Gasteiger charge is -2.55. The minimum Gasteiger partial charge on any atom is -0.370 e. The summed E-state index contributed by atoms with van der Waals surface area (Å²) in [7, 11) is 0. The van der Waals surface area contributed by atoms with Crippen LogP contribution in [0, 0.1) is 17.3 Å². The molecule has 0 aromatic carbocycles. The monoisotopic (exact) mass is 220 g/mol. The molecule has 16 heavy (non-hydrogen) atoms. The molecule has 0 N–H and O–H groups in total. The van der Waals surface area contributed by atoms with E-state index >= 15 is 0 Å². The van der Waals surface area contributed by atoms with Gasteiger partial charge in [-0.25, -0.2) is 0 Å². The summed E-state index contributed by atoms with van der Waals surface area (Å²) in [6.45, 7) is 11.4. The fourth-order valence-corrected chi connectivity index (χ4v) is 4.39. The fraction of sp³-hybridized carbons (Fsp3) is 0.867. The number of hydrogen-bond acceptors (Lipinski definition) is 1. The normalized spacial score (nSPS) is 50.2. The quantitative estimate of drug-likeness (QED) is 0.562. The van der Waals surface area contributed by atoms with E-state index in [9.17, 15) is 0 Å². The van der Waals surface area contributed by atoms with Gasteiger partial charge in [-0.3, -0.25) is 0 Å². The van der Waals surface area contributed by atoms with Crippen molar-refractivity contribution in [2.24, 2.45) is 17.3 Å². The molecule has 1 heteroatoms. The molecule has 0 aromatic rings. The summed E-state index contributed by atoms with van der Waals surface area (Å²) < 4.78 is 6.53. The van der Waals surface area contributed by atoms with E-state index in [2.05, 4.69) is 27.4 Å². The van der Waals surface area contributed by atoms with E-state index in [-0.39, 0.29) is 5.60 Å². The molecule has 2 aliphatic heterocycles. The van der Waals surface area contributed by atoms with Gasteiger partial charge in [-0.1, -0.05) is 32.9 Å². The number of fused-ring (bicyclic) bond motifs is 1. The highest BCUT2D eigenvalue weighted by molar-refractivity contribution is 5.17. The first-order valence-electron chi connectivity index (χ1n) is 6.77. The zero-order valence-corrected chi connectivity index (χ0v) is 10.9. The van der Waals surface area contributed by atoms with Crippen LogP contribution in [0.4, 0.5) is 0 Å². The van der Waals surface area contributed by atoms with Gasteiger partial charge < -0.3 is 4.74 Å². The Kier molecular flexibility index (Phi) is 2.12. The van der Waals surface area contributed by atoms with Crippen LogP contribution in [0.15, 0.2) is 12.2 Å². The van der Waals surface area contributed by atoms with Gasteiger partial charge in [0.25, 0.3) is 0 Å². The molecule has 2 saturated heterocycles. The van der Waals surface area contributed by atoms with Crippen LogP contribution in [0.3, 0.4) is 0 Å². The van der Waals surface area contributed by atoms with Crippen molar-refractivity contribution in [3.8, 4) is 0 Å². The summed E-state index contributed by atoms with van der Waals surface area (Å²) in [5, 5.41) is 0. The molecule has 3 fully saturated rings. The van der Waals surface area contributed by atoms with Gasteiger partial charge in [0.05, 0.1) is 11.7 Å². The first kappa shape index (κ1) is 10.8. The molecule has 1 nitrogen and oxygen atoms in total. The third-order valence-corrected chi connectivity index (χ3v) is 5.40. The van der Waals surface area contributed by atoms with Gasteiger partial charge in [-0.05, 0) is 49.4 Å². The Balaban J connectivity index is 1.99. The minimum atomic E-state index is 0.189. The van der Waals surface area contributed by atoms with Crippen LogP contribution in [-0.2, 0) is 4.74 Å². The zero-order chi connectivity index (χ0) is 11.6. The molecular weight excluding hydrogens is 196 g/mol. The van der Waals surface area contributed by atoms with Gasteiger partial charge in [0.1, 0.15) is 0 Å². The van der Waals surface area contributed by atoms with E-state index in [1.165, 1.54) is 24.8 Å². The van der Waals surface area contributed by atoms with Crippen LogP contribution in [0.5, 0.6) is 0 Å². The Morgan fingerprint density at radius 2 is 2.12 bits per heavy atom. The number of ether oxygens (including phenoxy) is 1. The van der Waals surface area contributed by atoms with Crippen molar-refractivity contribution in [1.29, 1.82) is 0 Å². The average molecular weight is 220 g/mol. The molecule has 1 spiro atoms. The Hall–Kier alpha value is -0.300. The van der Waals surface area contributed by atoms with Crippen LogP contribution >= 0.6 is 0 Å². The zero-order valence-electron chi connectivity index (χ0n) is 10.9. The van der Waals surface area contributed by atoms with E-state index in [1.807, 2.05) is 0 Å². The molecular formula is C15H24O. The van der Waals surface area contributed by atoms with E-state index in [0.29, 0.717) is 11.5 Å². The van der Waals surface area contributed by atoms with Crippen LogP contribution in [-0.4, -0.2) is 11.7 Å². The Bertz CT molecular complexity index is 330. The second-order valence-electron chi connectivity index (χ2n) is 7.12. The third-order valence-electron chi connectivity index (χ3n) is 5.40. The Morgan fingerprint density at radius 3 is 2.88 bits per heavy atom. The average Bonchev–Trinajstić information content (AvgIpc) is 2.45. The molecule has 1 saturated carbocycles. The van der Waals surface area contributed by atoms with Crippen molar-refractivity contribution >= 4 is 0 Å². The molecule has 0 unspecified atom stereocenters. The van der Waals surface area contributed by atoms with Gasteiger partial charge in [0.15, 0.2) is 0 Å². The second kappa shape index (κ2) is 3.13. The van der Waals surface area contributed by atoms with Crippen molar-refractivity contribution in [3.05, 3.63) is 12.2 Å². The predicted molar refractivity (Wildman–Crippen MR) is 66.3 cm³/mol. The van der Waals surface area contributed by atoms with Crippen LogP contribution in [0.25, 0.3) is 0 Å². The largest absolute Gasteiger partial charge is 0.370 e. The molecule has 0 radical (unpaired) electrons. The second-order valence-corrected chi connectivity index (χ2v) is 7.12. The molecule has 4 atom stereocenters. The molecule has 0 amide bonds. The molecule has 2 heterocycles. The highest BCUT2D eigenvalue weighted by atomic mass is 16.5. The molecule has 3 rings (SSSR count). The van der Waals surface area contributed by atoms with E-state index in [4.69, 9.17) is 4.74 Å². The van der Waals surface area contributed by atoms with Gasteiger partial charge in [0.2, 0.25) is 0 Å². The summed E-state index contributed by atoms with van der Waals surface area (Å²) in [6.07, 6.45) is 6.62. The molecule has 90 valence electrons. The standard InChI is InChI=1S/C15H24O/c1-10-7-13-14(3,4)9-12-11(2)5-6-15(12,8-10)16-13/h11-13H,1,5-9H2,2-4H3/t11-,12+,13+,15+/m1/s1. The predicted octanol–water partition coefficient (Wildman–Crippen LogP) is 3.94. The van der Waals surface area contributed by atoms with Crippen molar-refractivity contribution in [2.45, 2.75) is 64.6 Å². The van der Waals surface area contributed by atoms with Crippen molar-refractivity contribution in [1.82, 2.24) is 0 Å². The van der Waals surface area contributed by atoms with Gasteiger partial charge >= 0.3 is 0 Å². The summed E-state index contributed by atoms with van der Waals surface area (Å²) >= 11 is 0. The van der Waals surface area contributed by atoms with Gasteiger partial charge in [-0.2, -0.15) is 0 Å². The summed E-state index contributed by atoms with van der Waals surface area (Å²) in [5.74, 6) is 1.61. The minimum absolute atomic E-state index is 0.189. The lowest BCUT2D eigenvalue weighted by molar-refractivity contribution is -0.217. The number of rotatable bonds is 0. The van der Waals surface area contributed by atoms with Gasteiger partial charge in [-0.15, -0.1) is 0 Å². The van der Waals surface area contributed by atoms with Gasteiger partial charge in [0, 0.05) is 0 Å². The van der Waals surface area contributed by atoms with Crippen molar-refractivity contribution in [2.75, 3.05) is 0 Å². The molecule has 0 aromatic heterocycles. The van der Waals surface area contributed by atoms with Crippen molar-refractivity contribution < 1.29 is 4.74 Å². The maximum atomic E-state index is 6.53. The van der Waals surface area contributed by atoms with E-state index in [1.54, 1.807) is 0 Å². The first-order chi connectivity index (χ1) is 7.43. The first-order valence-corrected chi connectivity index (χ1v) is 6.77. The number of hydrogen-bond donors (Lipinski definition) is 0. The maximum Gasteiger partial charge on any atom is 0.0754 e. The highest BCUT2D eigenvalue weighted by Crippen LogP contribution is 2.59. The topological polar surface area (TPSA) is 9.23 Å². The fourth-order valence-electron chi connectivity index (χ4n) is 4.39. The Morgan fingerprint density at radius 1 is 1.38 bits per heavy atom. The smallest absolute Gasteiger partial charge is 0.0754 e. The van der Waals surface area contributed by atoms with E-state index < -0.39 is 0 Å². The molecule has 1 aliphatic carbocycles. The third kappa shape index (κ3) is 1.33. The highest BCUT2D eigenvalue weighted by Gasteiger charge is 2.58. The van der Waals surface area contributed by atoms with Crippen LogP contribution < -0.4 is 0 Å². The van der Waals surface area contributed by atoms with Crippen LogP contribution in [0.2, 0.25) is 0 Å². The van der Waals surface area contributed by atoms with E-state index in [0.717, 1.165) is 24.7 Å². The Labute approximate surface area is 99.3 Å². The molecule has 3 aliphatic rings. The lowest BCUT2D eigenvalue weighted by atomic mass is 9.63. The molecule has 2 bridgehead atoms. The lowest BCUT2D eigenvalue weighted by Crippen LogP contribution is -2.56. The summed E-state index contributed by atoms with van der Waals surface area (Å²) in [6, 6.07) is 0. The maximum absolute atomic E-state index is 6.53. The summed E-state index contributed by atoms with van der Waals surface area (Å²) in [5.41, 5.74) is 1.97. The SMILES string of the molecule is C=C1C[C@@H]2O[C@@]3(CC[C@@H](C)[C@@H]3CC2(C)C)C1. The van der Waals surface area contributed by atoms with Crippen molar-refractivity contribution in [3.63, 3.8) is 0 Å².